The van der Waals surface area contributed by atoms with Gasteiger partial charge in [0.25, 0.3) is 0 Å². The summed E-state index contributed by atoms with van der Waals surface area (Å²) in [7, 11) is 0. The Morgan fingerprint density at radius 1 is 1.23 bits per heavy atom. The van der Waals surface area contributed by atoms with Gasteiger partial charge in [-0.2, -0.15) is 0 Å². The number of imidazole rings is 1. The zero-order chi connectivity index (χ0) is 16.1. The molecule has 5 heteroatoms. The molecule has 0 saturated carbocycles. The fourth-order valence-corrected chi connectivity index (χ4v) is 3.71. The topological polar surface area (TPSA) is 54.6 Å². The van der Waals surface area contributed by atoms with Gasteiger partial charge in [0.05, 0.1) is 11.4 Å². The van der Waals surface area contributed by atoms with Crippen molar-refractivity contribution in [2.24, 2.45) is 0 Å². The van der Waals surface area contributed by atoms with Gasteiger partial charge < -0.3 is 5.11 Å². The molecule has 0 aliphatic rings. The second kappa shape index (κ2) is 4.95. The molecular weight excluding hydrogens is 296 g/mol. The van der Waals surface area contributed by atoms with E-state index in [1.54, 1.807) is 0 Å². The SMILES string of the molecule is Cc1ccc(-c2cn3c(C(C)(C)C)c(C(=O)O)sc3n2)cc1. The first-order valence-electron chi connectivity index (χ1n) is 7.10. The number of hydrogen-bond acceptors (Lipinski definition) is 3. The first kappa shape index (κ1) is 14.8. The third-order valence-corrected chi connectivity index (χ3v) is 4.62. The molecule has 0 amide bonds. The highest BCUT2D eigenvalue weighted by molar-refractivity contribution is 7.19. The van der Waals surface area contributed by atoms with Crippen LogP contribution in [-0.2, 0) is 5.41 Å². The van der Waals surface area contributed by atoms with E-state index in [2.05, 4.69) is 17.1 Å². The summed E-state index contributed by atoms with van der Waals surface area (Å²) in [4.78, 5) is 17.2. The highest BCUT2D eigenvalue weighted by Gasteiger charge is 2.28. The fraction of sp³-hybridized carbons (Fsp3) is 0.294. The Kier molecular flexibility index (Phi) is 3.33. The minimum Gasteiger partial charge on any atom is -0.477 e. The molecular formula is C17H18N2O2S. The number of nitrogens with zero attached hydrogens (tertiary/aromatic N) is 2. The number of thiazole rings is 1. The van der Waals surface area contributed by atoms with Crippen LogP contribution in [0.1, 0.15) is 41.7 Å². The number of aromatic nitrogens is 2. The second-order valence-corrected chi connectivity index (χ2v) is 7.46. The van der Waals surface area contributed by atoms with Crippen LogP contribution < -0.4 is 0 Å². The molecule has 0 bridgehead atoms. The zero-order valence-corrected chi connectivity index (χ0v) is 13.9. The van der Waals surface area contributed by atoms with Crippen LogP contribution in [0.5, 0.6) is 0 Å². The largest absolute Gasteiger partial charge is 0.477 e. The maximum Gasteiger partial charge on any atom is 0.347 e. The van der Waals surface area contributed by atoms with Crippen LogP contribution in [0.25, 0.3) is 16.2 Å². The quantitative estimate of drug-likeness (QED) is 0.764. The molecule has 114 valence electrons. The number of hydrogen-bond donors (Lipinski definition) is 1. The molecule has 0 aliphatic heterocycles. The summed E-state index contributed by atoms with van der Waals surface area (Å²) in [6.45, 7) is 8.11. The van der Waals surface area contributed by atoms with Gasteiger partial charge in [-0.25, -0.2) is 9.78 Å². The van der Waals surface area contributed by atoms with E-state index in [-0.39, 0.29) is 5.41 Å². The van der Waals surface area contributed by atoms with Crippen molar-refractivity contribution in [1.82, 2.24) is 9.38 Å². The van der Waals surface area contributed by atoms with E-state index in [1.807, 2.05) is 50.4 Å². The minimum atomic E-state index is -0.891. The lowest BCUT2D eigenvalue weighted by Gasteiger charge is -2.18. The number of carbonyl (C=O) groups is 1. The normalized spacial score (nSPS) is 12.0. The summed E-state index contributed by atoms with van der Waals surface area (Å²) >= 11 is 1.23. The Hall–Kier alpha value is -2.14. The minimum absolute atomic E-state index is 0.267. The van der Waals surface area contributed by atoms with E-state index >= 15 is 0 Å². The van der Waals surface area contributed by atoms with Crippen molar-refractivity contribution in [2.75, 3.05) is 0 Å². The van der Waals surface area contributed by atoms with E-state index in [4.69, 9.17) is 0 Å². The van der Waals surface area contributed by atoms with E-state index in [0.717, 1.165) is 21.9 Å². The van der Waals surface area contributed by atoms with Crippen molar-refractivity contribution in [3.8, 4) is 11.3 Å². The molecule has 22 heavy (non-hydrogen) atoms. The highest BCUT2D eigenvalue weighted by atomic mass is 32.1. The number of aryl methyl sites for hydroxylation is 1. The summed E-state index contributed by atoms with van der Waals surface area (Å²) in [5.74, 6) is -0.891. The number of aromatic carboxylic acids is 1. The third kappa shape index (κ3) is 2.41. The Morgan fingerprint density at radius 3 is 2.41 bits per heavy atom. The second-order valence-electron chi connectivity index (χ2n) is 6.48. The van der Waals surface area contributed by atoms with Crippen LogP contribution in [0, 0.1) is 6.92 Å². The molecule has 3 aromatic rings. The number of benzene rings is 1. The molecule has 1 N–H and O–H groups in total. The van der Waals surface area contributed by atoms with Crippen LogP contribution in [-0.4, -0.2) is 20.5 Å². The molecule has 2 aromatic heterocycles. The smallest absolute Gasteiger partial charge is 0.347 e. The molecule has 4 nitrogen and oxygen atoms in total. The summed E-state index contributed by atoms with van der Waals surface area (Å²) < 4.78 is 1.92. The van der Waals surface area contributed by atoms with Crippen LogP contribution in [0.4, 0.5) is 0 Å². The fourth-order valence-electron chi connectivity index (χ4n) is 2.55. The summed E-state index contributed by atoms with van der Waals surface area (Å²) in [5, 5.41) is 9.43. The van der Waals surface area contributed by atoms with Gasteiger partial charge >= 0.3 is 5.97 Å². The summed E-state index contributed by atoms with van der Waals surface area (Å²) in [6.07, 6.45) is 1.93. The van der Waals surface area contributed by atoms with E-state index in [1.165, 1.54) is 16.9 Å². The number of carboxylic acids is 1. The van der Waals surface area contributed by atoms with Crippen LogP contribution in [0.15, 0.2) is 30.5 Å². The number of fused-ring (bicyclic) bond motifs is 1. The van der Waals surface area contributed by atoms with Crippen molar-refractivity contribution in [3.05, 3.63) is 46.6 Å². The predicted molar refractivity (Wildman–Crippen MR) is 88.9 cm³/mol. The zero-order valence-electron chi connectivity index (χ0n) is 13.0. The van der Waals surface area contributed by atoms with Crippen LogP contribution in [0.2, 0.25) is 0 Å². The van der Waals surface area contributed by atoms with Crippen LogP contribution >= 0.6 is 11.3 Å². The van der Waals surface area contributed by atoms with E-state index < -0.39 is 5.97 Å². The molecule has 0 atom stereocenters. The van der Waals surface area contributed by atoms with E-state index in [9.17, 15) is 9.90 Å². The highest BCUT2D eigenvalue weighted by Crippen LogP contribution is 2.34. The average molecular weight is 314 g/mol. The van der Waals surface area contributed by atoms with Gasteiger partial charge in [-0.05, 0) is 6.92 Å². The van der Waals surface area contributed by atoms with Gasteiger partial charge in [0.1, 0.15) is 4.88 Å². The van der Waals surface area contributed by atoms with Crippen molar-refractivity contribution in [3.63, 3.8) is 0 Å². The summed E-state index contributed by atoms with van der Waals surface area (Å²) in [6, 6.07) is 8.18. The first-order chi connectivity index (χ1) is 10.3. The molecule has 0 fully saturated rings. The number of carboxylic acid groups (broad SMARTS) is 1. The number of rotatable bonds is 2. The van der Waals surface area contributed by atoms with Crippen LogP contribution in [0.3, 0.4) is 0 Å². The van der Waals surface area contributed by atoms with Crippen molar-refractivity contribution < 1.29 is 9.90 Å². The molecule has 0 radical (unpaired) electrons. The molecule has 0 aliphatic carbocycles. The third-order valence-electron chi connectivity index (χ3n) is 3.57. The molecule has 0 saturated heterocycles. The molecule has 3 rings (SSSR count). The Labute approximate surface area is 133 Å². The van der Waals surface area contributed by atoms with Crippen molar-refractivity contribution >= 4 is 22.3 Å². The maximum atomic E-state index is 11.5. The first-order valence-corrected chi connectivity index (χ1v) is 7.92. The van der Waals surface area contributed by atoms with E-state index in [0.29, 0.717) is 4.88 Å². The molecule has 0 spiro atoms. The monoisotopic (exact) mass is 314 g/mol. The summed E-state index contributed by atoms with van der Waals surface area (Å²) in [5.41, 5.74) is 3.64. The van der Waals surface area contributed by atoms with Gasteiger partial charge in [0.2, 0.25) is 0 Å². The lowest BCUT2D eigenvalue weighted by molar-refractivity contribution is 0.0699. The van der Waals surface area contributed by atoms with Crippen molar-refractivity contribution in [2.45, 2.75) is 33.1 Å². The molecule has 1 aromatic carbocycles. The Balaban J connectivity index is 2.21. The maximum absolute atomic E-state index is 11.5. The van der Waals surface area contributed by atoms with Gasteiger partial charge in [-0.15, -0.1) is 0 Å². The van der Waals surface area contributed by atoms with Crippen molar-refractivity contribution in [1.29, 1.82) is 0 Å². The van der Waals surface area contributed by atoms with Gasteiger partial charge in [-0.1, -0.05) is 61.9 Å². The predicted octanol–water partition coefficient (Wildman–Crippen LogP) is 4.37. The molecule has 0 unspecified atom stereocenters. The molecule has 2 heterocycles. The Bertz CT molecular complexity index is 851. The average Bonchev–Trinajstić information content (AvgIpc) is 2.94. The van der Waals surface area contributed by atoms with Gasteiger partial charge in [-0.3, -0.25) is 4.40 Å². The lowest BCUT2D eigenvalue weighted by Crippen LogP contribution is -2.17. The lowest BCUT2D eigenvalue weighted by atomic mass is 9.91. The van der Waals surface area contributed by atoms with Gasteiger partial charge in [0, 0.05) is 17.2 Å². The van der Waals surface area contributed by atoms with Gasteiger partial charge in [0.15, 0.2) is 4.96 Å². The standard InChI is InChI=1S/C17H18N2O2S/c1-10-5-7-11(8-6-10)12-9-19-14(17(2,3)4)13(15(20)21)22-16(19)18-12/h5-9H,1-4H3,(H,20,21). The Morgan fingerprint density at radius 2 is 1.86 bits per heavy atom.